The zero-order chi connectivity index (χ0) is 17.8. The Morgan fingerprint density at radius 3 is 2.73 bits per heavy atom. The van der Waals surface area contributed by atoms with Gasteiger partial charge in [0.05, 0.1) is 0 Å². The lowest BCUT2D eigenvalue weighted by Crippen LogP contribution is -2.51. The Morgan fingerprint density at radius 2 is 2.00 bits per heavy atom. The van der Waals surface area contributed by atoms with Crippen molar-refractivity contribution in [1.82, 2.24) is 15.1 Å². The first kappa shape index (κ1) is 17.7. The van der Waals surface area contributed by atoms with Crippen molar-refractivity contribution in [1.29, 1.82) is 0 Å². The highest BCUT2D eigenvalue weighted by atomic mass is 16.2. The minimum atomic E-state index is 0.232. The highest BCUT2D eigenvalue weighted by Crippen LogP contribution is 2.41. The molecule has 1 aromatic carbocycles. The summed E-state index contributed by atoms with van der Waals surface area (Å²) >= 11 is 0. The van der Waals surface area contributed by atoms with Gasteiger partial charge in [-0.2, -0.15) is 0 Å². The van der Waals surface area contributed by atoms with Crippen molar-refractivity contribution in [2.75, 3.05) is 39.3 Å². The normalized spacial score (nSPS) is 26.8. The molecule has 3 aliphatic heterocycles. The molecule has 3 aliphatic rings. The van der Waals surface area contributed by atoms with Gasteiger partial charge in [-0.1, -0.05) is 42.5 Å². The fourth-order valence-electron chi connectivity index (χ4n) is 4.87. The zero-order valence-electron chi connectivity index (χ0n) is 15.7. The van der Waals surface area contributed by atoms with E-state index < -0.39 is 0 Å². The third kappa shape index (κ3) is 4.02. The van der Waals surface area contributed by atoms with E-state index in [4.69, 9.17) is 0 Å². The summed E-state index contributed by atoms with van der Waals surface area (Å²) in [4.78, 5) is 17.3. The van der Waals surface area contributed by atoms with Gasteiger partial charge in [-0.05, 0) is 56.3 Å². The van der Waals surface area contributed by atoms with Crippen LogP contribution in [-0.2, 0) is 4.79 Å². The number of nitrogens with one attached hydrogen (secondary N) is 1. The van der Waals surface area contributed by atoms with E-state index in [2.05, 4.69) is 39.4 Å². The van der Waals surface area contributed by atoms with E-state index in [1.165, 1.54) is 37.8 Å². The van der Waals surface area contributed by atoms with Crippen molar-refractivity contribution >= 4 is 12.0 Å². The molecule has 4 nitrogen and oxygen atoms in total. The molecule has 1 unspecified atom stereocenters. The van der Waals surface area contributed by atoms with Crippen LogP contribution < -0.4 is 5.32 Å². The molecule has 0 aromatic heterocycles. The lowest BCUT2D eigenvalue weighted by molar-refractivity contribution is -0.127. The summed E-state index contributed by atoms with van der Waals surface area (Å²) < 4.78 is 0. The minimum absolute atomic E-state index is 0.232. The van der Waals surface area contributed by atoms with E-state index in [9.17, 15) is 4.79 Å². The van der Waals surface area contributed by atoms with Crippen LogP contribution in [0, 0.1) is 5.41 Å². The van der Waals surface area contributed by atoms with Crippen LogP contribution in [0.4, 0.5) is 0 Å². The second kappa shape index (κ2) is 7.93. The average Bonchev–Trinajstić information content (AvgIpc) is 2.99. The maximum Gasteiger partial charge on any atom is 0.223 e. The van der Waals surface area contributed by atoms with Gasteiger partial charge >= 0.3 is 0 Å². The fourth-order valence-corrected chi connectivity index (χ4v) is 4.87. The van der Waals surface area contributed by atoms with Crippen molar-refractivity contribution in [2.24, 2.45) is 5.41 Å². The van der Waals surface area contributed by atoms with Crippen LogP contribution in [0.15, 0.2) is 36.4 Å². The molecular weight excluding hydrogens is 322 g/mol. The highest BCUT2D eigenvalue weighted by molar-refractivity contribution is 5.79. The highest BCUT2D eigenvalue weighted by Gasteiger charge is 2.45. The predicted molar refractivity (Wildman–Crippen MR) is 106 cm³/mol. The second-order valence-corrected chi connectivity index (χ2v) is 8.30. The number of carbonyl (C=O) groups excluding carboxylic acids is 1. The molecule has 1 amide bonds. The van der Waals surface area contributed by atoms with Crippen LogP contribution in [0.1, 0.15) is 37.7 Å². The molecule has 3 heterocycles. The number of likely N-dealkylation sites (tertiary alicyclic amines) is 2. The summed E-state index contributed by atoms with van der Waals surface area (Å²) in [5.74, 6) is 0.343. The first-order valence-electron chi connectivity index (χ1n) is 10.2. The number of rotatable bonds is 4. The molecule has 1 aromatic rings. The van der Waals surface area contributed by atoms with Crippen LogP contribution >= 0.6 is 0 Å². The van der Waals surface area contributed by atoms with Gasteiger partial charge in [0.15, 0.2) is 0 Å². The van der Waals surface area contributed by atoms with Crippen molar-refractivity contribution in [3.63, 3.8) is 0 Å². The second-order valence-electron chi connectivity index (χ2n) is 8.30. The van der Waals surface area contributed by atoms with Gasteiger partial charge in [0.1, 0.15) is 0 Å². The van der Waals surface area contributed by atoms with Crippen molar-refractivity contribution < 1.29 is 4.79 Å². The molecule has 0 aliphatic carbocycles. The van der Waals surface area contributed by atoms with Crippen LogP contribution in [0.25, 0.3) is 6.08 Å². The van der Waals surface area contributed by atoms with E-state index in [1.807, 2.05) is 18.2 Å². The van der Waals surface area contributed by atoms with Crippen molar-refractivity contribution in [3.8, 4) is 0 Å². The Kier molecular flexibility index (Phi) is 5.41. The first-order chi connectivity index (χ1) is 12.7. The molecule has 0 radical (unpaired) electrons. The monoisotopic (exact) mass is 353 g/mol. The zero-order valence-corrected chi connectivity index (χ0v) is 15.7. The Labute approximate surface area is 157 Å². The Bertz CT molecular complexity index is 628. The minimum Gasteiger partial charge on any atom is -0.338 e. The molecule has 1 N–H and O–H groups in total. The number of piperidine rings is 2. The summed E-state index contributed by atoms with van der Waals surface area (Å²) in [6, 6.07) is 11.0. The molecule has 1 atom stereocenters. The lowest BCUT2D eigenvalue weighted by Gasteiger charge is -2.43. The summed E-state index contributed by atoms with van der Waals surface area (Å²) in [6.45, 7) is 6.32. The molecular formula is C22H31N3O. The summed E-state index contributed by atoms with van der Waals surface area (Å²) in [7, 11) is 0. The van der Waals surface area contributed by atoms with Gasteiger partial charge in [0.25, 0.3) is 0 Å². The molecule has 3 fully saturated rings. The van der Waals surface area contributed by atoms with Gasteiger partial charge in [-0.3, -0.25) is 9.69 Å². The van der Waals surface area contributed by atoms with Crippen LogP contribution in [-0.4, -0.2) is 61.0 Å². The Balaban J connectivity index is 1.29. The molecule has 3 saturated heterocycles. The van der Waals surface area contributed by atoms with Crippen molar-refractivity contribution in [2.45, 2.75) is 38.1 Å². The quantitative estimate of drug-likeness (QED) is 0.904. The van der Waals surface area contributed by atoms with Gasteiger partial charge in [0, 0.05) is 32.1 Å². The summed E-state index contributed by atoms with van der Waals surface area (Å²) in [5, 5.41) is 3.53. The lowest BCUT2D eigenvalue weighted by atomic mass is 9.77. The number of hydrogen-bond acceptors (Lipinski definition) is 3. The SMILES string of the molecule is O=C1CC2(CCN(C3CCCNC3)CC2)CN1C/C=C/c1ccccc1. The number of hydrogen-bond donors (Lipinski definition) is 1. The average molecular weight is 354 g/mol. The molecule has 0 bridgehead atoms. The third-order valence-corrected chi connectivity index (χ3v) is 6.49. The van der Waals surface area contributed by atoms with Crippen LogP contribution in [0.5, 0.6) is 0 Å². The van der Waals surface area contributed by atoms with Gasteiger partial charge in [0.2, 0.25) is 5.91 Å². The predicted octanol–water partition coefficient (Wildman–Crippen LogP) is 2.77. The van der Waals surface area contributed by atoms with Gasteiger partial charge in [-0.15, -0.1) is 0 Å². The summed E-state index contributed by atoms with van der Waals surface area (Å²) in [5.41, 5.74) is 1.43. The number of carbonyl (C=O) groups is 1. The maximum atomic E-state index is 12.5. The van der Waals surface area contributed by atoms with E-state index in [-0.39, 0.29) is 5.41 Å². The maximum absolute atomic E-state index is 12.5. The summed E-state index contributed by atoms with van der Waals surface area (Å²) in [6.07, 6.45) is 9.99. The van der Waals surface area contributed by atoms with Crippen molar-refractivity contribution in [3.05, 3.63) is 42.0 Å². The Hall–Kier alpha value is -1.65. The molecule has 4 rings (SSSR count). The van der Waals surface area contributed by atoms with E-state index in [0.29, 0.717) is 11.9 Å². The number of nitrogens with zero attached hydrogens (tertiary/aromatic N) is 2. The third-order valence-electron chi connectivity index (χ3n) is 6.49. The molecule has 0 saturated carbocycles. The molecule has 140 valence electrons. The first-order valence-corrected chi connectivity index (χ1v) is 10.2. The Morgan fingerprint density at radius 1 is 1.19 bits per heavy atom. The van der Waals surface area contributed by atoms with Crippen LogP contribution in [0.2, 0.25) is 0 Å². The van der Waals surface area contributed by atoms with Crippen LogP contribution in [0.3, 0.4) is 0 Å². The van der Waals surface area contributed by atoms with Gasteiger partial charge in [-0.25, -0.2) is 0 Å². The number of benzene rings is 1. The van der Waals surface area contributed by atoms with E-state index in [1.54, 1.807) is 0 Å². The fraction of sp³-hybridized carbons (Fsp3) is 0.591. The van der Waals surface area contributed by atoms with Gasteiger partial charge < -0.3 is 10.2 Å². The van der Waals surface area contributed by atoms with E-state index >= 15 is 0 Å². The molecule has 4 heteroatoms. The van der Waals surface area contributed by atoms with E-state index in [0.717, 1.165) is 39.1 Å². The molecule has 1 spiro atoms. The smallest absolute Gasteiger partial charge is 0.223 e. The standard InChI is InChI=1S/C22H31N3O/c26-21-16-22(10-14-24(15-11-22)20-9-4-12-23-17-20)18-25(21)13-5-8-19-6-2-1-3-7-19/h1-3,5-8,20,23H,4,9-18H2/b8-5+. The topological polar surface area (TPSA) is 35.6 Å². The molecule has 26 heavy (non-hydrogen) atoms. The largest absolute Gasteiger partial charge is 0.338 e. The number of amides is 1.